The third kappa shape index (κ3) is 8.38. The van der Waals surface area contributed by atoms with Crippen molar-refractivity contribution in [3.63, 3.8) is 0 Å². The Morgan fingerprint density at radius 1 is 1.48 bits per heavy atom. The van der Waals surface area contributed by atoms with Gasteiger partial charge in [0.05, 0.1) is 32.0 Å². The Bertz CT molecular complexity index is 408. The number of aliphatic hydroxyl groups excluding tert-OH is 1. The normalized spacial score (nSPS) is 12.3. The van der Waals surface area contributed by atoms with Gasteiger partial charge < -0.3 is 14.6 Å². The van der Waals surface area contributed by atoms with Gasteiger partial charge in [0.25, 0.3) is 0 Å². The zero-order chi connectivity index (χ0) is 15.3. The molecule has 0 spiro atoms. The zero-order valence-electron chi connectivity index (χ0n) is 12.4. The summed E-state index contributed by atoms with van der Waals surface area (Å²) < 4.78 is 10.2. The number of methoxy groups -OCH3 is 1. The lowest BCUT2D eigenvalue weighted by Gasteiger charge is -2.24. The minimum Gasteiger partial charge on any atom is -0.389 e. The van der Waals surface area contributed by atoms with Gasteiger partial charge in [-0.2, -0.15) is 5.26 Å². The van der Waals surface area contributed by atoms with Crippen LogP contribution in [-0.2, 0) is 16.0 Å². The molecule has 1 atom stereocenters. The van der Waals surface area contributed by atoms with Crippen LogP contribution in [0.4, 0.5) is 0 Å². The Morgan fingerprint density at radius 2 is 2.33 bits per heavy atom. The Hall–Kier alpha value is -1.52. The lowest BCUT2D eigenvalue weighted by Crippen LogP contribution is -2.35. The number of hydrogen-bond donors (Lipinski definition) is 1. The number of hydrogen-bond acceptors (Lipinski definition) is 6. The lowest BCUT2D eigenvalue weighted by atomic mass is 10.2. The van der Waals surface area contributed by atoms with Gasteiger partial charge in [-0.05, 0) is 11.6 Å². The Balaban J connectivity index is 2.40. The molecule has 1 aromatic rings. The predicted molar refractivity (Wildman–Crippen MR) is 78.4 cm³/mol. The van der Waals surface area contributed by atoms with Crippen molar-refractivity contribution in [1.82, 2.24) is 9.88 Å². The van der Waals surface area contributed by atoms with Crippen LogP contribution in [0.1, 0.15) is 12.0 Å². The number of aliphatic hydroxyl groups is 1. The number of ether oxygens (including phenoxy) is 2. The third-order valence-corrected chi connectivity index (χ3v) is 2.88. The maximum atomic E-state index is 9.99. The summed E-state index contributed by atoms with van der Waals surface area (Å²) >= 11 is 0. The van der Waals surface area contributed by atoms with Crippen molar-refractivity contribution in [1.29, 1.82) is 5.26 Å². The van der Waals surface area contributed by atoms with E-state index >= 15 is 0 Å². The van der Waals surface area contributed by atoms with Crippen molar-refractivity contribution < 1.29 is 14.6 Å². The quantitative estimate of drug-likeness (QED) is 0.609. The van der Waals surface area contributed by atoms with Crippen molar-refractivity contribution in [2.45, 2.75) is 19.1 Å². The highest BCUT2D eigenvalue weighted by Gasteiger charge is 2.12. The highest BCUT2D eigenvalue weighted by molar-refractivity contribution is 5.08. The first-order valence-electron chi connectivity index (χ1n) is 6.99. The van der Waals surface area contributed by atoms with Crippen LogP contribution in [0.3, 0.4) is 0 Å². The summed E-state index contributed by atoms with van der Waals surface area (Å²) in [6, 6.07) is 5.99. The second-order valence-corrected chi connectivity index (χ2v) is 4.73. The first-order chi connectivity index (χ1) is 10.3. The SMILES string of the molecule is COCCOCC(O)CN(CCC#N)Cc1cccnc1. The number of pyridine rings is 1. The molecule has 0 saturated heterocycles. The van der Waals surface area contributed by atoms with Gasteiger partial charge in [-0.3, -0.25) is 9.88 Å². The van der Waals surface area contributed by atoms with Crippen molar-refractivity contribution in [3.05, 3.63) is 30.1 Å². The second kappa shape index (κ2) is 11.2. The number of rotatable bonds is 11. The Labute approximate surface area is 125 Å². The molecule has 6 heteroatoms. The second-order valence-electron chi connectivity index (χ2n) is 4.73. The molecule has 0 aliphatic heterocycles. The van der Waals surface area contributed by atoms with Gasteiger partial charge in [0.1, 0.15) is 0 Å². The van der Waals surface area contributed by atoms with Gasteiger partial charge in [-0.25, -0.2) is 0 Å². The molecule has 0 radical (unpaired) electrons. The summed E-state index contributed by atoms with van der Waals surface area (Å²) in [7, 11) is 1.61. The van der Waals surface area contributed by atoms with E-state index in [0.717, 1.165) is 5.56 Å². The van der Waals surface area contributed by atoms with Crippen LogP contribution >= 0.6 is 0 Å². The average Bonchev–Trinajstić information content (AvgIpc) is 2.50. The topological polar surface area (TPSA) is 78.6 Å². The number of nitrogens with zero attached hydrogens (tertiary/aromatic N) is 3. The maximum Gasteiger partial charge on any atom is 0.0900 e. The lowest BCUT2D eigenvalue weighted by molar-refractivity contribution is -0.00133. The van der Waals surface area contributed by atoms with Crippen LogP contribution in [0.5, 0.6) is 0 Å². The molecular formula is C15H23N3O3. The van der Waals surface area contributed by atoms with Crippen LogP contribution in [0.25, 0.3) is 0 Å². The molecule has 6 nitrogen and oxygen atoms in total. The molecule has 0 bridgehead atoms. The molecule has 0 aromatic carbocycles. The van der Waals surface area contributed by atoms with E-state index < -0.39 is 6.10 Å². The molecule has 21 heavy (non-hydrogen) atoms. The van der Waals surface area contributed by atoms with Crippen molar-refractivity contribution in [2.24, 2.45) is 0 Å². The van der Waals surface area contributed by atoms with Crippen molar-refractivity contribution in [3.8, 4) is 6.07 Å². The Morgan fingerprint density at radius 3 is 3.00 bits per heavy atom. The maximum absolute atomic E-state index is 9.99. The minimum atomic E-state index is -0.586. The fourth-order valence-corrected chi connectivity index (χ4v) is 1.91. The van der Waals surface area contributed by atoms with Crippen LogP contribution in [0, 0.1) is 11.3 Å². The van der Waals surface area contributed by atoms with Gasteiger partial charge >= 0.3 is 0 Å². The summed E-state index contributed by atoms with van der Waals surface area (Å²) in [5.41, 5.74) is 1.06. The standard InChI is InChI=1S/C15H23N3O3/c1-20-8-9-21-13-15(19)12-18(7-3-5-16)11-14-4-2-6-17-10-14/h2,4,6,10,15,19H,3,7-9,11-13H2,1H3. The molecule has 0 fully saturated rings. The fourth-order valence-electron chi connectivity index (χ4n) is 1.91. The van der Waals surface area contributed by atoms with E-state index in [1.165, 1.54) is 0 Å². The predicted octanol–water partition coefficient (Wildman–Crippen LogP) is 0.821. The summed E-state index contributed by atoms with van der Waals surface area (Å²) in [4.78, 5) is 6.11. The van der Waals surface area contributed by atoms with E-state index in [1.54, 1.807) is 19.5 Å². The molecule has 0 aliphatic carbocycles. The van der Waals surface area contributed by atoms with Crippen LogP contribution in [0.2, 0.25) is 0 Å². The van der Waals surface area contributed by atoms with E-state index in [-0.39, 0.29) is 6.61 Å². The van der Waals surface area contributed by atoms with Crippen molar-refractivity contribution in [2.75, 3.05) is 40.0 Å². The zero-order valence-corrected chi connectivity index (χ0v) is 12.4. The van der Waals surface area contributed by atoms with Crippen LogP contribution < -0.4 is 0 Å². The molecule has 1 aromatic heterocycles. The molecule has 0 amide bonds. The number of nitriles is 1. The molecule has 0 saturated carbocycles. The summed E-state index contributed by atoms with van der Waals surface area (Å²) in [5, 5.41) is 18.7. The Kier molecular flexibility index (Phi) is 9.33. The summed E-state index contributed by atoms with van der Waals surface area (Å²) in [5.74, 6) is 0. The first kappa shape index (κ1) is 17.5. The third-order valence-electron chi connectivity index (χ3n) is 2.88. The van der Waals surface area contributed by atoms with Crippen molar-refractivity contribution >= 4 is 0 Å². The molecule has 116 valence electrons. The molecule has 1 unspecified atom stereocenters. The van der Waals surface area contributed by atoms with Gasteiger partial charge in [0.15, 0.2) is 0 Å². The van der Waals surface area contributed by atoms with Gasteiger partial charge in [0, 0.05) is 45.6 Å². The largest absolute Gasteiger partial charge is 0.389 e. The smallest absolute Gasteiger partial charge is 0.0900 e. The minimum absolute atomic E-state index is 0.263. The van der Waals surface area contributed by atoms with Gasteiger partial charge in [0.2, 0.25) is 0 Å². The van der Waals surface area contributed by atoms with E-state index in [4.69, 9.17) is 14.7 Å². The monoisotopic (exact) mass is 293 g/mol. The van der Waals surface area contributed by atoms with E-state index in [2.05, 4.69) is 11.1 Å². The summed E-state index contributed by atoms with van der Waals surface area (Å²) in [6.45, 7) is 2.98. The summed E-state index contributed by atoms with van der Waals surface area (Å²) in [6.07, 6.45) is 3.36. The molecule has 1 rings (SSSR count). The molecule has 1 heterocycles. The van der Waals surface area contributed by atoms with E-state index in [9.17, 15) is 5.11 Å². The van der Waals surface area contributed by atoms with Gasteiger partial charge in [-0.1, -0.05) is 6.07 Å². The molecule has 1 N–H and O–H groups in total. The van der Waals surface area contributed by atoms with Gasteiger partial charge in [-0.15, -0.1) is 0 Å². The van der Waals surface area contributed by atoms with E-state index in [0.29, 0.717) is 39.3 Å². The fraction of sp³-hybridized carbons (Fsp3) is 0.600. The van der Waals surface area contributed by atoms with E-state index in [1.807, 2.05) is 17.0 Å². The van der Waals surface area contributed by atoms with Crippen LogP contribution in [-0.4, -0.2) is 61.1 Å². The number of aromatic nitrogens is 1. The van der Waals surface area contributed by atoms with Crippen LogP contribution in [0.15, 0.2) is 24.5 Å². The average molecular weight is 293 g/mol. The molecular weight excluding hydrogens is 270 g/mol. The highest BCUT2D eigenvalue weighted by atomic mass is 16.5. The first-order valence-corrected chi connectivity index (χ1v) is 6.99. The highest BCUT2D eigenvalue weighted by Crippen LogP contribution is 2.05. The molecule has 0 aliphatic rings.